The van der Waals surface area contributed by atoms with Crippen LogP contribution in [0, 0.1) is 5.82 Å². The van der Waals surface area contributed by atoms with Crippen molar-refractivity contribution in [1.29, 1.82) is 0 Å². The van der Waals surface area contributed by atoms with Crippen LogP contribution < -0.4 is 0 Å². The third kappa shape index (κ3) is 3.39. The zero-order chi connectivity index (χ0) is 13.8. The molecule has 0 bridgehead atoms. The van der Waals surface area contributed by atoms with Crippen molar-refractivity contribution in [2.24, 2.45) is 0 Å². The average molecular weight is 328 g/mol. The van der Waals surface area contributed by atoms with Crippen molar-refractivity contribution in [2.45, 2.75) is 32.4 Å². The van der Waals surface area contributed by atoms with Crippen molar-refractivity contribution < 1.29 is 9.50 Å². The molecule has 6 heteroatoms. The summed E-state index contributed by atoms with van der Waals surface area (Å²) >= 11 is 3.11. The molecular formula is C13H15BrFN3O. The molecule has 1 heterocycles. The summed E-state index contributed by atoms with van der Waals surface area (Å²) in [4.78, 5) is 4.15. The van der Waals surface area contributed by atoms with Gasteiger partial charge >= 0.3 is 0 Å². The average Bonchev–Trinajstić information content (AvgIpc) is 2.80. The lowest BCUT2D eigenvalue weighted by molar-refractivity contribution is 0.173. The Morgan fingerprint density at radius 1 is 1.47 bits per heavy atom. The number of rotatable bonds is 5. The van der Waals surface area contributed by atoms with Crippen LogP contribution in [0.5, 0.6) is 0 Å². The summed E-state index contributed by atoms with van der Waals surface area (Å²) in [6.07, 6.45) is 2.07. The van der Waals surface area contributed by atoms with Gasteiger partial charge in [-0.1, -0.05) is 13.0 Å². The maximum absolute atomic E-state index is 13.1. The van der Waals surface area contributed by atoms with E-state index in [-0.39, 0.29) is 5.82 Å². The van der Waals surface area contributed by atoms with Crippen LogP contribution in [0.15, 0.2) is 29.0 Å². The summed E-state index contributed by atoms with van der Waals surface area (Å²) in [6, 6.07) is 4.49. The second-order valence-corrected chi connectivity index (χ2v) is 5.15. The summed E-state index contributed by atoms with van der Waals surface area (Å²) in [6.45, 7) is 2.83. The normalized spacial score (nSPS) is 12.6. The van der Waals surface area contributed by atoms with Crippen LogP contribution in [0.25, 0.3) is 0 Å². The number of aliphatic hydroxyl groups is 1. The van der Waals surface area contributed by atoms with Crippen LogP contribution in [0.3, 0.4) is 0 Å². The Labute approximate surface area is 119 Å². The lowest BCUT2D eigenvalue weighted by atomic mass is 10.1. The number of aliphatic hydroxyl groups excluding tert-OH is 1. The van der Waals surface area contributed by atoms with Crippen LogP contribution in [-0.2, 0) is 13.0 Å². The summed E-state index contributed by atoms with van der Waals surface area (Å²) in [5.74, 6) is 0.389. The molecule has 1 aromatic heterocycles. The van der Waals surface area contributed by atoms with Crippen molar-refractivity contribution in [3.63, 3.8) is 0 Å². The molecule has 0 saturated carbocycles. The maximum atomic E-state index is 13.1. The third-order valence-electron chi connectivity index (χ3n) is 2.84. The predicted molar refractivity (Wildman–Crippen MR) is 73.1 cm³/mol. The van der Waals surface area contributed by atoms with Crippen LogP contribution in [-0.4, -0.2) is 19.9 Å². The quantitative estimate of drug-likeness (QED) is 0.918. The van der Waals surface area contributed by atoms with Gasteiger partial charge in [-0.25, -0.2) is 9.37 Å². The number of hydrogen-bond acceptors (Lipinski definition) is 3. The fraction of sp³-hybridized carbons (Fsp3) is 0.385. The van der Waals surface area contributed by atoms with Gasteiger partial charge in [0, 0.05) is 13.0 Å². The number of halogens is 2. The number of benzene rings is 1. The molecule has 0 aliphatic heterocycles. The predicted octanol–water partition coefficient (Wildman–Crippen LogP) is 2.87. The zero-order valence-electron chi connectivity index (χ0n) is 10.6. The van der Waals surface area contributed by atoms with Crippen LogP contribution in [0.1, 0.15) is 30.8 Å². The molecule has 0 aliphatic rings. The molecule has 0 fully saturated rings. The zero-order valence-corrected chi connectivity index (χ0v) is 12.1. The minimum atomic E-state index is -0.725. The number of aromatic nitrogens is 3. The van der Waals surface area contributed by atoms with Crippen molar-refractivity contribution in [3.05, 3.63) is 46.2 Å². The van der Waals surface area contributed by atoms with Crippen LogP contribution in [0.4, 0.5) is 4.39 Å². The molecule has 0 radical (unpaired) electrons. The summed E-state index contributed by atoms with van der Waals surface area (Å²) in [5.41, 5.74) is 0.652. The second kappa shape index (κ2) is 6.25. The number of hydrogen-bond donors (Lipinski definition) is 1. The van der Waals surface area contributed by atoms with E-state index in [1.165, 1.54) is 12.4 Å². The first-order valence-electron chi connectivity index (χ1n) is 6.11. The lowest BCUT2D eigenvalue weighted by Gasteiger charge is -2.12. The molecule has 0 amide bonds. The van der Waals surface area contributed by atoms with Gasteiger partial charge < -0.3 is 5.11 Å². The largest absolute Gasteiger partial charge is 0.388 e. The van der Waals surface area contributed by atoms with Gasteiger partial charge in [-0.05, 0) is 40.0 Å². The first-order chi connectivity index (χ1) is 9.11. The van der Waals surface area contributed by atoms with E-state index in [0.29, 0.717) is 16.5 Å². The number of aryl methyl sites for hydroxylation is 1. The van der Waals surface area contributed by atoms with Crippen LogP contribution in [0.2, 0.25) is 0 Å². The summed E-state index contributed by atoms with van der Waals surface area (Å²) in [5, 5.41) is 14.3. The minimum absolute atomic E-state index is 0.343. The fourth-order valence-electron chi connectivity index (χ4n) is 1.86. The van der Waals surface area contributed by atoms with E-state index in [2.05, 4.69) is 32.9 Å². The Kier molecular flexibility index (Phi) is 4.66. The van der Waals surface area contributed by atoms with Crippen molar-refractivity contribution in [2.75, 3.05) is 0 Å². The molecule has 102 valence electrons. The molecule has 4 nitrogen and oxygen atoms in total. The Hall–Kier alpha value is -1.27. The molecular weight excluding hydrogens is 313 g/mol. The maximum Gasteiger partial charge on any atom is 0.138 e. The van der Waals surface area contributed by atoms with E-state index >= 15 is 0 Å². The van der Waals surface area contributed by atoms with Crippen molar-refractivity contribution in [3.8, 4) is 0 Å². The van der Waals surface area contributed by atoms with Gasteiger partial charge in [-0.3, -0.25) is 4.68 Å². The van der Waals surface area contributed by atoms with Gasteiger partial charge in [-0.15, -0.1) is 0 Å². The summed E-state index contributed by atoms with van der Waals surface area (Å²) in [7, 11) is 0. The monoisotopic (exact) mass is 327 g/mol. The highest BCUT2D eigenvalue weighted by Gasteiger charge is 2.14. The van der Waals surface area contributed by atoms with E-state index in [9.17, 15) is 9.50 Å². The van der Waals surface area contributed by atoms with Gasteiger partial charge in [0.1, 0.15) is 18.0 Å². The highest BCUT2D eigenvalue weighted by Crippen LogP contribution is 2.23. The van der Waals surface area contributed by atoms with Crippen molar-refractivity contribution >= 4 is 15.9 Å². The molecule has 2 rings (SSSR count). The van der Waals surface area contributed by atoms with Gasteiger partial charge in [0.25, 0.3) is 0 Å². The minimum Gasteiger partial charge on any atom is -0.388 e. The van der Waals surface area contributed by atoms with Gasteiger partial charge in [0.2, 0.25) is 0 Å². The molecule has 0 spiro atoms. The van der Waals surface area contributed by atoms with Crippen LogP contribution >= 0.6 is 15.9 Å². The van der Waals surface area contributed by atoms with Crippen molar-refractivity contribution in [1.82, 2.24) is 14.8 Å². The molecule has 1 unspecified atom stereocenters. The Morgan fingerprint density at radius 2 is 2.26 bits per heavy atom. The van der Waals surface area contributed by atoms with Gasteiger partial charge in [-0.2, -0.15) is 5.10 Å². The summed E-state index contributed by atoms with van der Waals surface area (Å²) < 4.78 is 15.3. The molecule has 0 aliphatic carbocycles. The van der Waals surface area contributed by atoms with E-state index in [4.69, 9.17) is 0 Å². The number of nitrogens with zero attached hydrogens (tertiary/aromatic N) is 3. The van der Waals surface area contributed by atoms with E-state index in [1.54, 1.807) is 16.8 Å². The molecule has 2 aromatic rings. The van der Waals surface area contributed by atoms with E-state index in [1.807, 2.05) is 0 Å². The molecule has 1 atom stereocenters. The Balaban J connectivity index is 2.13. The first kappa shape index (κ1) is 14.1. The smallest absolute Gasteiger partial charge is 0.138 e. The van der Waals surface area contributed by atoms with Gasteiger partial charge in [0.15, 0.2) is 0 Å². The molecule has 19 heavy (non-hydrogen) atoms. The van der Waals surface area contributed by atoms with E-state index < -0.39 is 6.10 Å². The fourth-order valence-corrected chi connectivity index (χ4v) is 2.25. The second-order valence-electron chi connectivity index (χ2n) is 4.29. The van der Waals surface area contributed by atoms with Gasteiger partial charge in [0.05, 0.1) is 10.6 Å². The Bertz CT molecular complexity index is 559. The third-order valence-corrected chi connectivity index (χ3v) is 3.44. The molecule has 0 saturated heterocycles. The molecule has 1 N–H and O–H groups in total. The lowest BCUT2D eigenvalue weighted by Crippen LogP contribution is -2.10. The molecule has 1 aromatic carbocycles. The topological polar surface area (TPSA) is 50.9 Å². The SMILES string of the molecule is CCCn1ncnc1CC(O)c1ccc(F)c(Br)c1. The first-order valence-corrected chi connectivity index (χ1v) is 6.90. The standard InChI is InChI=1S/C13H15BrFN3O/c1-2-5-18-13(16-8-17-18)7-12(19)9-3-4-11(15)10(14)6-9/h3-4,6,8,12,19H,2,5,7H2,1H3. The highest BCUT2D eigenvalue weighted by molar-refractivity contribution is 9.10. The Morgan fingerprint density at radius 3 is 2.95 bits per heavy atom. The highest BCUT2D eigenvalue weighted by atomic mass is 79.9. The van der Waals surface area contributed by atoms with E-state index in [0.717, 1.165) is 18.8 Å².